The molecule has 2 N–H and O–H groups in total. The van der Waals surface area contributed by atoms with Crippen LogP contribution in [0.2, 0.25) is 0 Å². The molecule has 1 saturated carbocycles. The van der Waals surface area contributed by atoms with E-state index in [0.29, 0.717) is 21.8 Å². The van der Waals surface area contributed by atoms with E-state index in [1.54, 1.807) is 0 Å². The summed E-state index contributed by atoms with van der Waals surface area (Å²) in [7, 11) is 0. The van der Waals surface area contributed by atoms with E-state index in [1.165, 1.54) is 25.7 Å². The molecule has 3 rings (SSSR count). The maximum absolute atomic E-state index is 14.7. The zero-order valence-electron chi connectivity index (χ0n) is 11.2. The Morgan fingerprint density at radius 2 is 2.05 bits per heavy atom. The number of rotatable bonds is 2. The molecule has 1 aromatic rings. The number of nitrogens with zero attached hydrogens (tertiary/aromatic N) is 1. The van der Waals surface area contributed by atoms with Crippen LogP contribution in [0.15, 0.2) is 16.6 Å². The van der Waals surface area contributed by atoms with Gasteiger partial charge < -0.3 is 10.6 Å². The number of nitrogens with two attached hydrogens (primary N) is 1. The van der Waals surface area contributed by atoms with Crippen molar-refractivity contribution < 1.29 is 4.39 Å². The van der Waals surface area contributed by atoms with Crippen molar-refractivity contribution in [3.05, 3.63) is 28.0 Å². The number of hydrogen-bond donors (Lipinski definition) is 1. The largest absolute Gasteiger partial charge is 0.389 e. The fraction of sp³-hybridized carbons (Fsp3) is 0.533. The lowest BCUT2D eigenvalue weighted by Gasteiger charge is -2.39. The highest BCUT2D eigenvalue weighted by Gasteiger charge is 2.36. The Morgan fingerprint density at radius 3 is 2.80 bits per heavy atom. The third-order valence-corrected chi connectivity index (χ3v) is 5.63. The monoisotopic (exact) mass is 356 g/mol. The van der Waals surface area contributed by atoms with Crippen molar-refractivity contribution >= 4 is 38.8 Å². The second-order valence-electron chi connectivity index (χ2n) is 5.72. The van der Waals surface area contributed by atoms with E-state index >= 15 is 0 Å². The minimum atomic E-state index is -0.233. The quantitative estimate of drug-likeness (QED) is 0.812. The summed E-state index contributed by atoms with van der Waals surface area (Å²) >= 11 is 8.25. The minimum absolute atomic E-state index is 0.222. The van der Waals surface area contributed by atoms with Gasteiger partial charge in [0.25, 0.3) is 0 Å². The van der Waals surface area contributed by atoms with E-state index < -0.39 is 0 Å². The Labute approximate surface area is 132 Å². The Balaban J connectivity index is 1.97. The maximum atomic E-state index is 14.7. The van der Waals surface area contributed by atoms with Gasteiger partial charge in [-0.3, -0.25) is 0 Å². The molecular formula is C15H18BrFN2S. The molecule has 20 heavy (non-hydrogen) atoms. The zero-order chi connectivity index (χ0) is 14.3. The first-order chi connectivity index (χ1) is 9.59. The Kier molecular flexibility index (Phi) is 4.00. The predicted molar refractivity (Wildman–Crippen MR) is 87.7 cm³/mol. The molecule has 1 saturated heterocycles. The molecule has 2 atom stereocenters. The summed E-state index contributed by atoms with van der Waals surface area (Å²) in [6, 6.07) is 4.15. The van der Waals surface area contributed by atoms with Gasteiger partial charge in [-0.1, -0.05) is 18.6 Å². The fourth-order valence-corrected chi connectivity index (χ4v) is 4.55. The van der Waals surface area contributed by atoms with Crippen molar-refractivity contribution in [2.45, 2.75) is 38.1 Å². The van der Waals surface area contributed by atoms with Crippen molar-refractivity contribution in [2.24, 2.45) is 11.7 Å². The molecule has 108 valence electrons. The van der Waals surface area contributed by atoms with Gasteiger partial charge >= 0.3 is 0 Å². The number of hydrogen-bond acceptors (Lipinski definition) is 2. The second-order valence-corrected chi connectivity index (χ2v) is 6.95. The molecule has 1 aliphatic carbocycles. The molecule has 0 amide bonds. The lowest BCUT2D eigenvalue weighted by Crippen LogP contribution is -2.43. The molecular weight excluding hydrogens is 339 g/mol. The summed E-state index contributed by atoms with van der Waals surface area (Å²) < 4.78 is 15.1. The number of benzene rings is 1. The molecule has 2 aliphatic rings. The minimum Gasteiger partial charge on any atom is -0.389 e. The van der Waals surface area contributed by atoms with Crippen LogP contribution in [-0.2, 0) is 0 Å². The molecule has 1 heterocycles. The van der Waals surface area contributed by atoms with Crippen LogP contribution in [0, 0.1) is 11.7 Å². The van der Waals surface area contributed by atoms with Crippen molar-refractivity contribution in [3.63, 3.8) is 0 Å². The summed E-state index contributed by atoms with van der Waals surface area (Å²) in [5, 5.41) is 0. The number of fused-ring (bicyclic) bond motifs is 1. The first kappa shape index (κ1) is 14.3. The van der Waals surface area contributed by atoms with Gasteiger partial charge in [0.2, 0.25) is 0 Å². The van der Waals surface area contributed by atoms with Crippen molar-refractivity contribution in [1.82, 2.24) is 0 Å². The van der Waals surface area contributed by atoms with E-state index in [9.17, 15) is 4.39 Å². The number of thiocarbonyl (C=S) groups is 1. The van der Waals surface area contributed by atoms with Gasteiger partial charge in [-0.2, -0.15) is 0 Å². The van der Waals surface area contributed by atoms with Crippen LogP contribution >= 0.6 is 28.1 Å². The summed E-state index contributed by atoms with van der Waals surface area (Å²) in [6.07, 6.45) is 6.16. The highest BCUT2D eigenvalue weighted by Crippen LogP contribution is 2.41. The average Bonchev–Trinajstić information content (AvgIpc) is 2.89. The number of piperidine rings is 1. The standard InChI is InChI=1S/C15H18BrFN2S/c16-13-10(15(18)20)6-7-12(14(13)17)19-8-2-4-9-3-1-5-11(9)19/h6-7,9,11H,1-5,8H2,(H2,18,20). The molecule has 1 aliphatic heterocycles. The summed E-state index contributed by atoms with van der Waals surface area (Å²) in [6.45, 7) is 0.941. The molecule has 2 unspecified atom stereocenters. The highest BCUT2D eigenvalue weighted by atomic mass is 79.9. The molecule has 2 fully saturated rings. The lowest BCUT2D eigenvalue weighted by molar-refractivity contribution is 0.359. The molecule has 1 aromatic carbocycles. The third kappa shape index (κ3) is 2.35. The van der Waals surface area contributed by atoms with Gasteiger partial charge in [0, 0.05) is 18.2 Å². The van der Waals surface area contributed by atoms with Crippen LogP contribution in [0.25, 0.3) is 0 Å². The van der Waals surface area contributed by atoms with Crippen molar-refractivity contribution in [2.75, 3.05) is 11.4 Å². The van der Waals surface area contributed by atoms with Gasteiger partial charge in [-0.05, 0) is 59.7 Å². The predicted octanol–water partition coefficient (Wildman–Crippen LogP) is 3.99. The smallest absolute Gasteiger partial charge is 0.161 e. The highest BCUT2D eigenvalue weighted by molar-refractivity contribution is 9.10. The van der Waals surface area contributed by atoms with Crippen molar-refractivity contribution in [1.29, 1.82) is 0 Å². The van der Waals surface area contributed by atoms with Crippen LogP contribution in [0.1, 0.15) is 37.7 Å². The normalized spacial score (nSPS) is 25.6. The molecule has 5 heteroatoms. The van der Waals surface area contributed by atoms with Gasteiger partial charge in [0.15, 0.2) is 5.82 Å². The number of halogens is 2. The first-order valence-electron chi connectivity index (χ1n) is 7.14. The SMILES string of the molecule is NC(=S)c1ccc(N2CCCC3CCCC32)c(F)c1Br. The van der Waals surface area contributed by atoms with Crippen LogP contribution < -0.4 is 10.6 Å². The molecule has 0 aromatic heterocycles. The topological polar surface area (TPSA) is 29.3 Å². The van der Waals surface area contributed by atoms with Gasteiger partial charge in [-0.25, -0.2) is 4.39 Å². The molecule has 0 bridgehead atoms. The third-order valence-electron chi connectivity index (χ3n) is 4.63. The summed E-state index contributed by atoms with van der Waals surface area (Å²) in [5.41, 5.74) is 6.88. The first-order valence-corrected chi connectivity index (χ1v) is 8.34. The van der Waals surface area contributed by atoms with Gasteiger partial charge in [0.05, 0.1) is 10.2 Å². The second kappa shape index (κ2) is 5.60. The Morgan fingerprint density at radius 1 is 1.30 bits per heavy atom. The van der Waals surface area contributed by atoms with E-state index in [0.717, 1.165) is 18.9 Å². The Bertz CT molecular complexity index is 549. The van der Waals surface area contributed by atoms with E-state index in [1.807, 2.05) is 12.1 Å². The number of anilines is 1. The summed E-state index contributed by atoms with van der Waals surface area (Å²) in [4.78, 5) is 2.48. The van der Waals surface area contributed by atoms with Crippen LogP contribution in [0.3, 0.4) is 0 Å². The lowest BCUT2D eigenvalue weighted by atomic mass is 9.91. The van der Waals surface area contributed by atoms with Crippen molar-refractivity contribution in [3.8, 4) is 0 Å². The van der Waals surface area contributed by atoms with E-state index in [2.05, 4.69) is 20.8 Å². The molecule has 0 radical (unpaired) electrons. The zero-order valence-corrected chi connectivity index (χ0v) is 13.6. The van der Waals surface area contributed by atoms with E-state index in [4.69, 9.17) is 18.0 Å². The molecule has 2 nitrogen and oxygen atoms in total. The van der Waals surface area contributed by atoms with Crippen LogP contribution in [-0.4, -0.2) is 17.6 Å². The van der Waals surface area contributed by atoms with E-state index in [-0.39, 0.29) is 10.8 Å². The maximum Gasteiger partial charge on any atom is 0.161 e. The Hall–Kier alpha value is -0.680. The van der Waals surface area contributed by atoms with Crippen LogP contribution in [0.4, 0.5) is 10.1 Å². The van der Waals surface area contributed by atoms with Gasteiger partial charge in [0.1, 0.15) is 4.99 Å². The van der Waals surface area contributed by atoms with Crippen LogP contribution in [0.5, 0.6) is 0 Å². The van der Waals surface area contributed by atoms with Gasteiger partial charge in [-0.15, -0.1) is 0 Å². The molecule has 0 spiro atoms. The summed E-state index contributed by atoms with van der Waals surface area (Å²) in [5.74, 6) is 0.500. The fourth-order valence-electron chi connectivity index (χ4n) is 3.70. The average molecular weight is 357 g/mol.